The standard InChI is InChI=1S/C23H27N3O2/c1-16-13-19(23(2,3)4)6-7-20(16)28-22(27)18-9-11-26(12-10-18)21-8-5-17(14-24)15-25-21/h5-8,13,15,18H,9-12H2,1-4H3. The fourth-order valence-corrected chi connectivity index (χ4v) is 3.41. The second kappa shape index (κ2) is 8.02. The van der Waals surface area contributed by atoms with Crippen LogP contribution in [0.1, 0.15) is 50.3 Å². The Kier molecular flexibility index (Phi) is 5.69. The number of carbonyl (C=O) groups excluding carboxylic acids is 1. The molecule has 0 aliphatic carbocycles. The van der Waals surface area contributed by atoms with Gasteiger partial charge < -0.3 is 9.64 Å². The molecule has 0 saturated carbocycles. The molecular weight excluding hydrogens is 350 g/mol. The third kappa shape index (κ3) is 4.51. The Labute approximate surface area is 167 Å². The minimum atomic E-state index is -0.154. The van der Waals surface area contributed by atoms with Crippen molar-refractivity contribution in [3.05, 3.63) is 53.2 Å². The Morgan fingerprint density at radius 3 is 2.46 bits per heavy atom. The second-order valence-electron chi connectivity index (χ2n) is 8.43. The molecule has 2 heterocycles. The lowest BCUT2D eigenvalue weighted by Crippen LogP contribution is -2.38. The molecule has 1 aliphatic heterocycles. The highest BCUT2D eigenvalue weighted by atomic mass is 16.5. The van der Waals surface area contributed by atoms with Crippen molar-refractivity contribution in [1.82, 2.24) is 4.98 Å². The van der Waals surface area contributed by atoms with E-state index in [-0.39, 0.29) is 17.3 Å². The van der Waals surface area contributed by atoms with Gasteiger partial charge in [-0.25, -0.2) is 4.98 Å². The third-order valence-corrected chi connectivity index (χ3v) is 5.28. The summed E-state index contributed by atoms with van der Waals surface area (Å²) in [5.74, 6) is 1.24. The Morgan fingerprint density at radius 2 is 1.93 bits per heavy atom. The van der Waals surface area contributed by atoms with Gasteiger partial charge in [0, 0.05) is 19.3 Å². The average Bonchev–Trinajstić information content (AvgIpc) is 2.69. The van der Waals surface area contributed by atoms with E-state index in [1.165, 1.54) is 5.56 Å². The number of anilines is 1. The Bertz CT molecular complexity index is 884. The molecule has 0 N–H and O–H groups in total. The molecule has 1 saturated heterocycles. The SMILES string of the molecule is Cc1cc(C(C)(C)C)ccc1OC(=O)C1CCN(c2ccc(C#N)cn2)CC1. The van der Waals surface area contributed by atoms with E-state index in [1.807, 2.05) is 25.1 Å². The van der Waals surface area contributed by atoms with Gasteiger partial charge in [-0.3, -0.25) is 4.79 Å². The maximum atomic E-state index is 12.6. The quantitative estimate of drug-likeness (QED) is 0.586. The van der Waals surface area contributed by atoms with E-state index in [0.29, 0.717) is 11.3 Å². The van der Waals surface area contributed by atoms with Crippen LogP contribution in [0.2, 0.25) is 0 Å². The van der Waals surface area contributed by atoms with Crippen LogP contribution in [-0.4, -0.2) is 24.0 Å². The fraction of sp³-hybridized carbons (Fsp3) is 0.435. The first kappa shape index (κ1) is 19.9. The molecule has 1 aromatic heterocycles. The van der Waals surface area contributed by atoms with E-state index < -0.39 is 0 Å². The summed E-state index contributed by atoms with van der Waals surface area (Å²) in [4.78, 5) is 19.1. The molecule has 1 aliphatic rings. The van der Waals surface area contributed by atoms with Gasteiger partial charge in [-0.2, -0.15) is 5.26 Å². The van der Waals surface area contributed by atoms with Gasteiger partial charge in [-0.15, -0.1) is 0 Å². The molecule has 3 rings (SSSR count). The molecule has 5 nitrogen and oxygen atoms in total. The maximum Gasteiger partial charge on any atom is 0.314 e. The van der Waals surface area contributed by atoms with Crippen LogP contribution in [-0.2, 0) is 10.2 Å². The van der Waals surface area contributed by atoms with E-state index in [0.717, 1.165) is 37.3 Å². The highest BCUT2D eigenvalue weighted by Gasteiger charge is 2.27. The van der Waals surface area contributed by atoms with Crippen molar-refractivity contribution < 1.29 is 9.53 Å². The number of rotatable bonds is 3. The minimum Gasteiger partial charge on any atom is -0.426 e. The van der Waals surface area contributed by atoms with Crippen LogP contribution in [0.25, 0.3) is 0 Å². The summed E-state index contributed by atoms with van der Waals surface area (Å²) >= 11 is 0. The zero-order valence-electron chi connectivity index (χ0n) is 17.0. The first-order valence-corrected chi connectivity index (χ1v) is 9.72. The lowest BCUT2D eigenvalue weighted by atomic mass is 9.86. The molecule has 1 fully saturated rings. The Hall–Kier alpha value is -2.87. The molecule has 1 aromatic carbocycles. The van der Waals surface area contributed by atoms with E-state index in [9.17, 15) is 4.79 Å². The van der Waals surface area contributed by atoms with Crippen molar-refractivity contribution >= 4 is 11.8 Å². The zero-order valence-corrected chi connectivity index (χ0v) is 17.0. The Morgan fingerprint density at radius 1 is 1.21 bits per heavy atom. The van der Waals surface area contributed by atoms with Gasteiger partial charge in [0.1, 0.15) is 17.6 Å². The molecule has 0 unspecified atom stereocenters. The van der Waals surface area contributed by atoms with Crippen molar-refractivity contribution in [2.24, 2.45) is 5.92 Å². The summed E-state index contributed by atoms with van der Waals surface area (Å²) in [6.45, 7) is 10.00. The molecule has 0 amide bonds. The number of hydrogen-bond acceptors (Lipinski definition) is 5. The van der Waals surface area contributed by atoms with Crippen LogP contribution in [0.5, 0.6) is 5.75 Å². The number of benzene rings is 1. The molecule has 28 heavy (non-hydrogen) atoms. The van der Waals surface area contributed by atoms with Crippen LogP contribution in [0.15, 0.2) is 36.5 Å². The largest absolute Gasteiger partial charge is 0.426 e. The molecule has 0 spiro atoms. The lowest BCUT2D eigenvalue weighted by Gasteiger charge is -2.31. The predicted octanol–water partition coefficient (Wildman–Crippen LogP) is 4.38. The summed E-state index contributed by atoms with van der Waals surface area (Å²) in [5, 5.41) is 8.88. The number of piperidine rings is 1. The van der Waals surface area contributed by atoms with E-state index in [4.69, 9.17) is 10.00 Å². The average molecular weight is 377 g/mol. The summed E-state index contributed by atoms with van der Waals surface area (Å²) in [5.41, 5.74) is 2.84. The topological polar surface area (TPSA) is 66.2 Å². The van der Waals surface area contributed by atoms with Crippen LogP contribution in [0, 0.1) is 24.2 Å². The van der Waals surface area contributed by atoms with Crippen LogP contribution < -0.4 is 9.64 Å². The van der Waals surface area contributed by atoms with Crippen molar-refractivity contribution in [3.63, 3.8) is 0 Å². The smallest absolute Gasteiger partial charge is 0.314 e. The predicted molar refractivity (Wildman–Crippen MR) is 109 cm³/mol. The summed E-state index contributed by atoms with van der Waals surface area (Å²) in [6.07, 6.45) is 3.05. The van der Waals surface area contributed by atoms with Gasteiger partial charge >= 0.3 is 5.97 Å². The number of esters is 1. The molecule has 146 valence electrons. The number of pyridine rings is 1. The molecule has 2 aromatic rings. The van der Waals surface area contributed by atoms with Crippen molar-refractivity contribution in [1.29, 1.82) is 5.26 Å². The minimum absolute atomic E-state index is 0.0691. The molecule has 5 heteroatoms. The molecule has 0 atom stereocenters. The number of nitriles is 1. The highest BCUT2D eigenvalue weighted by molar-refractivity contribution is 5.76. The van der Waals surface area contributed by atoms with E-state index >= 15 is 0 Å². The third-order valence-electron chi connectivity index (χ3n) is 5.28. The first-order valence-electron chi connectivity index (χ1n) is 9.72. The highest BCUT2D eigenvalue weighted by Crippen LogP contribution is 2.29. The van der Waals surface area contributed by atoms with Crippen LogP contribution >= 0.6 is 0 Å². The summed E-state index contributed by atoms with van der Waals surface area (Å²) < 4.78 is 5.71. The van der Waals surface area contributed by atoms with Crippen molar-refractivity contribution in [3.8, 4) is 11.8 Å². The van der Waals surface area contributed by atoms with Crippen molar-refractivity contribution in [2.75, 3.05) is 18.0 Å². The van der Waals surface area contributed by atoms with E-state index in [1.54, 1.807) is 12.3 Å². The number of ether oxygens (including phenoxy) is 1. The normalized spacial score (nSPS) is 15.2. The van der Waals surface area contributed by atoms with Gasteiger partial charge in [0.25, 0.3) is 0 Å². The monoisotopic (exact) mass is 377 g/mol. The number of aromatic nitrogens is 1. The van der Waals surface area contributed by atoms with E-state index in [2.05, 4.69) is 42.8 Å². The van der Waals surface area contributed by atoms with Crippen LogP contribution in [0.3, 0.4) is 0 Å². The number of aryl methyl sites for hydroxylation is 1. The number of carbonyl (C=O) groups is 1. The molecule has 0 radical (unpaired) electrons. The van der Waals surface area contributed by atoms with Crippen LogP contribution in [0.4, 0.5) is 5.82 Å². The summed E-state index contributed by atoms with van der Waals surface area (Å²) in [7, 11) is 0. The van der Waals surface area contributed by atoms with Gasteiger partial charge in [0.2, 0.25) is 0 Å². The summed E-state index contributed by atoms with van der Waals surface area (Å²) in [6, 6.07) is 11.7. The van der Waals surface area contributed by atoms with Gasteiger partial charge in [-0.1, -0.05) is 32.9 Å². The fourth-order valence-electron chi connectivity index (χ4n) is 3.41. The second-order valence-corrected chi connectivity index (χ2v) is 8.43. The Balaban J connectivity index is 1.59. The lowest BCUT2D eigenvalue weighted by molar-refractivity contribution is -0.139. The maximum absolute atomic E-state index is 12.6. The first-order chi connectivity index (χ1) is 13.3. The molecular formula is C23H27N3O2. The zero-order chi connectivity index (χ0) is 20.3. The molecule has 0 bridgehead atoms. The number of nitrogens with zero attached hydrogens (tertiary/aromatic N) is 3. The van der Waals surface area contributed by atoms with Gasteiger partial charge in [0.15, 0.2) is 0 Å². The van der Waals surface area contributed by atoms with Gasteiger partial charge in [-0.05, 0) is 54.5 Å². The number of hydrogen-bond donors (Lipinski definition) is 0. The van der Waals surface area contributed by atoms with Gasteiger partial charge in [0.05, 0.1) is 11.5 Å². The van der Waals surface area contributed by atoms with Crippen molar-refractivity contribution in [2.45, 2.75) is 46.0 Å².